The number of likely N-dealkylation sites (tertiary alicyclic amines) is 1. The lowest BCUT2D eigenvalue weighted by Gasteiger charge is -2.46. The monoisotopic (exact) mass is 368 g/mol. The molecule has 0 unspecified atom stereocenters. The van der Waals surface area contributed by atoms with E-state index in [2.05, 4.69) is 55.3 Å². The first-order chi connectivity index (χ1) is 12.8. The van der Waals surface area contributed by atoms with Crippen molar-refractivity contribution in [3.63, 3.8) is 0 Å². The Hall–Kier alpha value is -1.84. The highest BCUT2D eigenvalue weighted by Crippen LogP contribution is 2.45. The van der Waals surface area contributed by atoms with Gasteiger partial charge in [-0.05, 0) is 54.6 Å². The first-order valence-electron chi connectivity index (χ1n) is 10.5. The van der Waals surface area contributed by atoms with Gasteiger partial charge in [0, 0.05) is 31.0 Å². The van der Waals surface area contributed by atoms with E-state index < -0.39 is 0 Å². The molecule has 1 saturated carbocycles. The molecule has 4 rings (SSSR count). The number of amides is 2. The van der Waals surface area contributed by atoms with Crippen molar-refractivity contribution < 1.29 is 9.59 Å². The van der Waals surface area contributed by atoms with E-state index in [0.717, 1.165) is 45.2 Å². The minimum Gasteiger partial charge on any atom is -0.351 e. The standard InChI is InChI=1S/C23H32N2O2/c1-22(2,3)19-6-4-16(5-7-19)17-9-12-25(13-10-17)21(27)18-14-23(15-18)11-8-20(26)24-23/h4-7,17-18H,8-15H2,1-3H3,(H,24,26)/t18-,23+. The van der Waals surface area contributed by atoms with Crippen LogP contribution < -0.4 is 5.32 Å². The van der Waals surface area contributed by atoms with Crippen LogP contribution in [0.5, 0.6) is 0 Å². The zero-order chi connectivity index (χ0) is 19.2. The number of nitrogens with zero attached hydrogens (tertiary/aromatic N) is 1. The number of piperidine rings is 1. The lowest BCUT2D eigenvalue weighted by Crippen LogP contribution is -2.57. The summed E-state index contributed by atoms with van der Waals surface area (Å²) in [6.07, 6.45) is 5.31. The van der Waals surface area contributed by atoms with Gasteiger partial charge in [-0.25, -0.2) is 0 Å². The highest BCUT2D eigenvalue weighted by molar-refractivity contribution is 5.83. The van der Waals surface area contributed by atoms with Crippen LogP contribution in [0.4, 0.5) is 0 Å². The molecule has 1 aromatic rings. The van der Waals surface area contributed by atoms with Crippen molar-refractivity contribution in [2.24, 2.45) is 5.92 Å². The van der Waals surface area contributed by atoms with Crippen LogP contribution in [-0.4, -0.2) is 35.3 Å². The van der Waals surface area contributed by atoms with E-state index in [4.69, 9.17) is 0 Å². The van der Waals surface area contributed by atoms with Gasteiger partial charge < -0.3 is 10.2 Å². The van der Waals surface area contributed by atoms with Gasteiger partial charge in [0.15, 0.2) is 0 Å². The van der Waals surface area contributed by atoms with Crippen molar-refractivity contribution >= 4 is 11.8 Å². The maximum atomic E-state index is 12.8. The Morgan fingerprint density at radius 3 is 2.26 bits per heavy atom. The molecule has 1 spiro atoms. The van der Waals surface area contributed by atoms with Gasteiger partial charge in [0.2, 0.25) is 11.8 Å². The van der Waals surface area contributed by atoms with Gasteiger partial charge >= 0.3 is 0 Å². The number of carbonyl (C=O) groups excluding carboxylic acids is 2. The fraction of sp³-hybridized carbons (Fsp3) is 0.652. The summed E-state index contributed by atoms with van der Waals surface area (Å²) in [5.41, 5.74) is 2.92. The first-order valence-corrected chi connectivity index (χ1v) is 10.5. The quantitative estimate of drug-likeness (QED) is 0.864. The molecule has 0 atom stereocenters. The Morgan fingerprint density at radius 1 is 1.11 bits per heavy atom. The van der Waals surface area contributed by atoms with E-state index in [1.54, 1.807) is 0 Å². The molecule has 1 N–H and O–H groups in total. The predicted octanol–water partition coefficient (Wildman–Crippen LogP) is 3.75. The van der Waals surface area contributed by atoms with Gasteiger partial charge in [-0.15, -0.1) is 0 Å². The predicted molar refractivity (Wildman–Crippen MR) is 107 cm³/mol. The van der Waals surface area contributed by atoms with Crippen LogP contribution in [0.25, 0.3) is 0 Å². The second-order valence-corrected chi connectivity index (χ2v) is 9.91. The maximum Gasteiger partial charge on any atom is 0.225 e. The van der Waals surface area contributed by atoms with Gasteiger partial charge in [0.25, 0.3) is 0 Å². The van der Waals surface area contributed by atoms with Crippen LogP contribution in [-0.2, 0) is 15.0 Å². The zero-order valence-corrected chi connectivity index (χ0v) is 16.9. The number of nitrogens with one attached hydrogen (secondary N) is 1. The van der Waals surface area contributed by atoms with Gasteiger partial charge in [-0.1, -0.05) is 45.0 Å². The number of rotatable bonds is 2. The minimum atomic E-state index is -0.0511. The second-order valence-electron chi connectivity index (χ2n) is 9.91. The second kappa shape index (κ2) is 6.65. The third kappa shape index (κ3) is 3.63. The molecular weight excluding hydrogens is 336 g/mol. The summed E-state index contributed by atoms with van der Waals surface area (Å²) in [4.78, 5) is 26.3. The van der Waals surface area contributed by atoms with Crippen LogP contribution in [0, 0.1) is 5.92 Å². The van der Waals surface area contributed by atoms with Gasteiger partial charge in [-0.2, -0.15) is 0 Å². The highest BCUT2D eigenvalue weighted by Gasteiger charge is 2.51. The lowest BCUT2D eigenvalue weighted by molar-refractivity contribution is -0.142. The topological polar surface area (TPSA) is 49.4 Å². The van der Waals surface area contributed by atoms with Crippen LogP contribution in [0.2, 0.25) is 0 Å². The maximum absolute atomic E-state index is 12.8. The van der Waals surface area contributed by atoms with E-state index in [9.17, 15) is 9.59 Å². The van der Waals surface area contributed by atoms with E-state index in [0.29, 0.717) is 18.2 Å². The fourth-order valence-corrected chi connectivity index (χ4v) is 5.08. The molecule has 4 nitrogen and oxygen atoms in total. The molecule has 0 bridgehead atoms. The van der Waals surface area contributed by atoms with Crippen LogP contribution >= 0.6 is 0 Å². The molecule has 4 heteroatoms. The molecule has 27 heavy (non-hydrogen) atoms. The molecule has 146 valence electrons. The highest BCUT2D eigenvalue weighted by atomic mass is 16.2. The summed E-state index contributed by atoms with van der Waals surface area (Å²) in [7, 11) is 0. The van der Waals surface area contributed by atoms with Crippen molar-refractivity contribution in [2.45, 2.75) is 76.2 Å². The van der Waals surface area contributed by atoms with Crippen molar-refractivity contribution in [1.82, 2.24) is 10.2 Å². The normalized spacial score (nSPS) is 28.9. The van der Waals surface area contributed by atoms with Crippen LogP contribution in [0.1, 0.15) is 76.3 Å². The SMILES string of the molecule is CC(C)(C)c1ccc(C2CCN(C(=O)[C@H]3C[C@]4(CCC(=O)N4)C3)CC2)cc1. The molecule has 2 aliphatic heterocycles. The van der Waals surface area contributed by atoms with E-state index in [1.165, 1.54) is 11.1 Å². The van der Waals surface area contributed by atoms with E-state index >= 15 is 0 Å². The first kappa shape index (κ1) is 18.5. The van der Waals surface area contributed by atoms with Gasteiger partial charge in [-0.3, -0.25) is 9.59 Å². The third-order valence-electron chi connectivity index (χ3n) is 6.91. The van der Waals surface area contributed by atoms with Crippen LogP contribution in [0.15, 0.2) is 24.3 Å². The Bertz CT molecular complexity index is 718. The number of benzene rings is 1. The van der Waals surface area contributed by atoms with Crippen LogP contribution in [0.3, 0.4) is 0 Å². The summed E-state index contributed by atoms with van der Waals surface area (Å²) in [5.74, 6) is 1.14. The summed E-state index contributed by atoms with van der Waals surface area (Å²) in [6.45, 7) is 8.45. The molecule has 2 saturated heterocycles. The van der Waals surface area contributed by atoms with E-state index in [1.807, 2.05) is 0 Å². The zero-order valence-electron chi connectivity index (χ0n) is 16.9. The number of hydrogen-bond donors (Lipinski definition) is 1. The molecule has 2 heterocycles. The third-order valence-corrected chi connectivity index (χ3v) is 6.91. The number of carbonyl (C=O) groups is 2. The fourth-order valence-electron chi connectivity index (χ4n) is 5.08. The summed E-state index contributed by atoms with van der Waals surface area (Å²) < 4.78 is 0. The average Bonchev–Trinajstić information content (AvgIpc) is 3.02. The smallest absolute Gasteiger partial charge is 0.225 e. The molecular formula is C23H32N2O2. The molecule has 0 radical (unpaired) electrons. The Balaban J connectivity index is 1.29. The molecule has 3 fully saturated rings. The largest absolute Gasteiger partial charge is 0.351 e. The summed E-state index contributed by atoms with van der Waals surface area (Å²) in [6, 6.07) is 9.08. The molecule has 2 amide bonds. The molecule has 0 aromatic heterocycles. The van der Waals surface area contributed by atoms with Gasteiger partial charge in [0.05, 0.1) is 0 Å². The Morgan fingerprint density at radius 2 is 1.74 bits per heavy atom. The summed E-state index contributed by atoms with van der Waals surface area (Å²) in [5, 5.41) is 3.09. The molecule has 1 aliphatic carbocycles. The lowest BCUT2D eigenvalue weighted by atomic mass is 9.67. The van der Waals surface area contributed by atoms with Crippen molar-refractivity contribution in [3.8, 4) is 0 Å². The van der Waals surface area contributed by atoms with Gasteiger partial charge in [0.1, 0.15) is 0 Å². The average molecular weight is 369 g/mol. The minimum absolute atomic E-state index is 0.0511. The van der Waals surface area contributed by atoms with Crippen molar-refractivity contribution in [2.75, 3.05) is 13.1 Å². The van der Waals surface area contributed by atoms with Crippen molar-refractivity contribution in [3.05, 3.63) is 35.4 Å². The number of hydrogen-bond acceptors (Lipinski definition) is 2. The van der Waals surface area contributed by atoms with E-state index in [-0.39, 0.29) is 22.8 Å². The molecule has 1 aromatic carbocycles. The molecule has 3 aliphatic rings. The summed E-state index contributed by atoms with van der Waals surface area (Å²) >= 11 is 0. The Labute approximate surface area is 162 Å². The van der Waals surface area contributed by atoms with Crippen molar-refractivity contribution in [1.29, 1.82) is 0 Å². The Kier molecular flexibility index (Phi) is 4.56.